The number of hydrogen-bond acceptors (Lipinski definition) is 3. The van der Waals surface area contributed by atoms with Gasteiger partial charge in [-0.05, 0) is 31.5 Å². The second-order valence-corrected chi connectivity index (χ2v) is 7.07. The SMILES string of the molecule is C=C(C)Cn1c(=O)n(CC(=C)C)c(=O)n(Cc2cccc(Br)c2)c1=O. The Kier molecular flexibility index (Phi) is 5.79. The first-order chi connectivity index (χ1) is 11.7. The lowest BCUT2D eigenvalue weighted by Crippen LogP contribution is -2.54. The third kappa shape index (κ3) is 4.36. The predicted molar refractivity (Wildman–Crippen MR) is 102 cm³/mol. The number of benzene rings is 1. The molecule has 132 valence electrons. The molecule has 0 aliphatic heterocycles. The number of hydrogen-bond donors (Lipinski definition) is 0. The maximum Gasteiger partial charge on any atom is 0.336 e. The second-order valence-electron chi connectivity index (χ2n) is 6.15. The van der Waals surface area contributed by atoms with Gasteiger partial charge in [0.25, 0.3) is 0 Å². The Morgan fingerprint density at radius 2 is 1.40 bits per heavy atom. The van der Waals surface area contributed by atoms with Crippen molar-refractivity contribution >= 4 is 15.9 Å². The van der Waals surface area contributed by atoms with Crippen molar-refractivity contribution in [1.29, 1.82) is 0 Å². The maximum absolute atomic E-state index is 12.7. The fourth-order valence-electron chi connectivity index (χ4n) is 2.45. The fourth-order valence-corrected chi connectivity index (χ4v) is 2.89. The van der Waals surface area contributed by atoms with Crippen LogP contribution in [-0.4, -0.2) is 13.7 Å². The molecule has 6 nitrogen and oxygen atoms in total. The molecule has 1 aromatic heterocycles. The maximum atomic E-state index is 12.7. The molecule has 0 spiro atoms. The number of halogens is 1. The van der Waals surface area contributed by atoms with Crippen molar-refractivity contribution in [2.24, 2.45) is 0 Å². The molecule has 0 atom stereocenters. The zero-order valence-electron chi connectivity index (χ0n) is 14.3. The van der Waals surface area contributed by atoms with E-state index < -0.39 is 17.1 Å². The Labute approximate surface area is 153 Å². The lowest BCUT2D eigenvalue weighted by molar-refractivity contribution is 0.488. The van der Waals surface area contributed by atoms with Gasteiger partial charge in [0.05, 0.1) is 19.6 Å². The molecule has 0 unspecified atom stereocenters. The summed E-state index contributed by atoms with van der Waals surface area (Å²) in [6.07, 6.45) is 0. The third-order valence-corrected chi connectivity index (χ3v) is 3.96. The van der Waals surface area contributed by atoms with Crippen LogP contribution < -0.4 is 17.1 Å². The van der Waals surface area contributed by atoms with Crippen molar-refractivity contribution < 1.29 is 0 Å². The molecule has 0 fully saturated rings. The minimum atomic E-state index is -0.647. The van der Waals surface area contributed by atoms with Crippen LogP contribution in [0.15, 0.2) is 67.4 Å². The topological polar surface area (TPSA) is 66.0 Å². The summed E-state index contributed by atoms with van der Waals surface area (Å²) >= 11 is 3.37. The van der Waals surface area contributed by atoms with E-state index in [1.54, 1.807) is 13.8 Å². The molecular formula is C18H20BrN3O3. The smallest absolute Gasteiger partial charge is 0.247 e. The minimum Gasteiger partial charge on any atom is -0.247 e. The van der Waals surface area contributed by atoms with Gasteiger partial charge >= 0.3 is 17.1 Å². The largest absolute Gasteiger partial charge is 0.336 e. The molecule has 1 heterocycles. The predicted octanol–water partition coefficient (Wildman–Crippen LogP) is 2.13. The fraction of sp³-hybridized carbons (Fsp3) is 0.278. The van der Waals surface area contributed by atoms with E-state index in [1.165, 1.54) is 0 Å². The van der Waals surface area contributed by atoms with Crippen molar-refractivity contribution in [3.05, 3.63) is 90.1 Å². The van der Waals surface area contributed by atoms with Crippen LogP contribution in [0.1, 0.15) is 19.4 Å². The van der Waals surface area contributed by atoms with Gasteiger partial charge in [0.15, 0.2) is 0 Å². The Morgan fingerprint density at radius 3 is 1.84 bits per heavy atom. The zero-order chi connectivity index (χ0) is 18.7. The first-order valence-electron chi connectivity index (χ1n) is 7.68. The molecule has 0 aliphatic carbocycles. The summed E-state index contributed by atoms with van der Waals surface area (Å²) in [6, 6.07) is 7.31. The van der Waals surface area contributed by atoms with Gasteiger partial charge in [-0.2, -0.15) is 0 Å². The molecule has 0 amide bonds. The van der Waals surface area contributed by atoms with E-state index in [0.29, 0.717) is 11.1 Å². The molecule has 0 radical (unpaired) electrons. The lowest BCUT2D eigenvalue weighted by Gasteiger charge is -2.14. The molecule has 0 bridgehead atoms. The molecule has 25 heavy (non-hydrogen) atoms. The van der Waals surface area contributed by atoms with Crippen molar-refractivity contribution in [3.63, 3.8) is 0 Å². The highest BCUT2D eigenvalue weighted by molar-refractivity contribution is 9.10. The average Bonchev–Trinajstić information content (AvgIpc) is 2.52. The standard InChI is InChI=1S/C18H20BrN3O3/c1-12(2)9-20-16(23)21(10-13(3)4)18(25)22(17(20)24)11-14-6-5-7-15(19)8-14/h5-8H,1,3,9-11H2,2,4H3. The van der Waals surface area contributed by atoms with E-state index in [2.05, 4.69) is 29.1 Å². The van der Waals surface area contributed by atoms with Gasteiger partial charge in [-0.25, -0.2) is 28.1 Å². The monoisotopic (exact) mass is 405 g/mol. The van der Waals surface area contributed by atoms with E-state index in [0.717, 1.165) is 23.7 Å². The van der Waals surface area contributed by atoms with E-state index in [4.69, 9.17) is 0 Å². The van der Waals surface area contributed by atoms with Crippen molar-refractivity contribution in [2.45, 2.75) is 33.5 Å². The van der Waals surface area contributed by atoms with Gasteiger partial charge in [-0.15, -0.1) is 0 Å². The molecule has 2 rings (SSSR count). The zero-order valence-corrected chi connectivity index (χ0v) is 15.9. The number of aromatic nitrogens is 3. The van der Waals surface area contributed by atoms with Crippen LogP contribution in [0.5, 0.6) is 0 Å². The van der Waals surface area contributed by atoms with Crippen LogP contribution in [0, 0.1) is 0 Å². The number of nitrogens with zero attached hydrogens (tertiary/aromatic N) is 3. The average molecular weight is 406 g/mol. The van der Waals surface area contributed by atoms with Crippen LogP contribution in [0.2, 0.25) is 0 Å². The number of rotatable bonds is 6. The summed E-state index contributed by atoms with van der Waals surface area (Å²) in [4.78, 5) is 38.0. The van der Waals surface area contributed by atoms with E-state index in [9.17, 15) is 14.4 Å². The Bertz CT molecular complexity index is 957. The minimum absolute atomic E-state index is 0.0621. The van der Waals surface area contributed by atoms with Crippen LogP contribution in [0.3, 0.4) is 0 Å². The number of allylic oxidation sites excluding steroid dienone is 2. The highest BCUT2D eigenvalue weighted by atomic mass is 79.9. The van der Waals surface area contributed by atoms with E-state index >= 15 is 0 Å². The van der Waals surface area contributed by atoms with E-state index in [-0.39, 0.29) is 19.6 Å². The van der Waals surface area contributed by atoms with E-state index in [1.807, 2.05) is 24.3 Å². The molecule has 7 heteroatoms. The van der Waals surface area contributed by atoms with Crippen LogP contribution >= 0.6 is 15.9 Å². The van der Waals surface area contributed by atoms with Gasteiger partial charge in [0.2, 0.25) is 0 Å². The third-order valence-electron chi connectivity index (χ3n) is 3.47. The lowest BCUT2D eigenvalue weighted by atomic mass is 10.2. The highest BCUT2D eigenvalue weighted by Crippen LogP contribution is 2.11. The van der Waals surface area contributed by atoms with Gasteiger partial charge in [-0.3, -0.25) is 0 Å². The summed E-state index contributed by atoms with van der Waals surface area (Å²) < 4.78 is 3.97. The highest BCUT2D eigenvalue weighted by Gasteiger charge is 2.16. The summed E-state index contributed by atoms with van der Waals surface area (Å²) in [5, 5.41) is 0. The van der Waals surface area contributed by atoms with Crippen molar-refractivity contribution in [1.82, 2.24) is 13.7 Å². The van der Waals surface area contributed by atoms with Gasteiger partial charge in [-0.1, -0.05) is 52.4 Å². The first kappa shape index (κ1) is 18.9. The summed E-state index contributed by atoms with van der Waals surface area (Å²) in [6.45, 7) is 11.1. The van der Waals surface area contributed by atoms with Crippen LogP contribution in [-0.2, 0) is 19.6 Å². The summed E-state index contributed by atoms with van der Waals surface area (Å²) in [5.74, 6) is 0. The molecular weight excluding hydrogens is 386 g/mol. The molecule has 0 aliphatic rings. The quantitative estimate of drug-likeness (QED) is 0.691. The normalized spacial score (nSPS) is 10.7. The Balaban J connectivity index is 2.71. The van der Waals surface area contributed by atoms with Crippen LogP contribution in [0.25, 0.3) is 0 Å². The Morgan fingerprint density at radius 1 is 0.920 bits per heavy atom. The first-order valence-corrected chi connectivity index (χ1v) is 8.47. The summed E-state index contributed by atoms with van der Waals surface area (Å²) in [5.41, 5.74) is 0.136. The van der Waals surface area contributed by atoms with Gasteiger partial charge in [0.1, 0.15) is 0 Å². The summed E-state index contributed by atoms with van der Waals surface area (Å²) in [7, 11) is 0. The molecule has 2 aromatic rings. The Hall–Kier alpha value is -2.41. The second kappa shape index (κ2) is 7.65. The van der Waals surface area contributed by atoms with Crippen molar-refractivity contribution in [2.75, 3.05) is 0 Å². The van der Waals surface area contributed by atoms with Gasteiger partial charge < -0.3 is 0 Å². The molecule has 0 saturated heterocycles. The van der Waals surface area contributed by atoms with Crippen molar-refractivity contribution in [3.8, 4) is 0 Å². The molecule has 1 aromatic carbocycles. The van der Waals surface area contributed by atoms with Gasteiger partial charge in [0, 0.05) is 4.47 Å². The molecule has 0 N–H and O–H groups in total. The molecule has 0 saturated carbocycles. The van der Waals surface area contributed by atoms with Crippen LogP contribution in [0.4, 0.5) is 0 Å².